The number of pyridine rings is 1. The molecule has 3 aromatic rings. The Morgan fingerprint density at radius 1 is 1.14 bits per heavy atom. The first-order chi connectivity index (χ1) is 10.2. The lowest BCUT2D eigenvalue weighted by Gasteiger charge is -2.19. The van der Waals surface area contributed by atoms with Crippen LogP contribution in [0.5, 0.6) is 0 Å². The Bertz CT molecular complexity index is 791. The van der Waals surface area contributed by atoms with Crippen molar-refractivity contribution in [2.45, 2.75) is 6.04 Å². The van der Waals surface area contributed by atoms with Crippen LogP contribution in [0.3, 0.4) is 0 Å². The van der Waals surface area contributed by atoms with E-state index in [0.29, 0.717) is 5.56 Å². The molecule has 3 N–H and O–H groups in total. The Morgan fingerprint density at radius 3 is 2.81 bits per heavy atom. The Hall–Kier alpha value is -2.01. The van der Waals surface area contributed by atoms with Crippen molar-refractivity contribution in [3.63, 3.8) is 0 Å². The van der Waals surface area contributed by atoms with E-state index in [2.05, 4.69) is 10.4 Å². The van der Waals surface area contributed by atoms with Gasteiger partial charge in [-0.1, -0.05) is 35.9 Å². The summed E-state index contributed by atoms with van der Waals surface area (Å²) in [7, 11) is 0. The third kappa shape index (κ3) is 2.61. The van der Waals surface area contributed by atoms with Crippen LogP contribution in [0.4, 0.5) is 4.39 Å². The standard InChI is InChI=1S/C16H13ClFN3/c17-15-12(4-1-5-13(15)18)16(21-19)11-6-7-14-10(9-11)3-2-8-20-14/h1-9,16,21H,19H2. The fourth-order valence-corrected chi connectivity index (χ4v) is 2.62. The van der Waals surface area contributed by atoms with E-state index in [4.69, 9.17) is 17.4 Å². The highest BCUT2D eigenvalue weighted by Gasteiger charge is 2.18. The second-order valence-electron chi connectivity index (χ2n) is 4.70. The lowest BCUT2D eigenvalue weighted by molar-refractivity contribution is 0.606. The second kappa shape index (κ2) is 5.77. The van der Waals surface area contributed by atoms with Gasteiger partial charge in [-0.3, -0.25) is 10.8 Å². The summed E-state index contributed by atoms with van der Waals surface area (Å²) in [5.41, 5.74) is 5.08. The maximum atomic E-state index is 13.6. The fraction of sp³-hybridized carbons (Fsp3) is 0.0625. The number of benzene rings is 2. The van der Waals surface area contributed by atoms with Crippen molar-refractivity contribution in [1.82, 2.24) is 10.4 Å². The largest absolute Gasteiger partial charge is 0.271 e. The fourth-order valence-electron chi connectivity index (χ4n) is 2.38. The summed E-state index contributed by atoms with van der Waals surface area (Å²) in [6.07, 6.45) is 1.74. The lowest BCUT2D eigenvalue weighted by atomic mass is 9.97. The van der Waals surface area contributed by atoms with E-state index in [1.54, 1.807) is 18.3 Å². The molecule has 1 atom stereocenters. The van der Waals surface area contributed by atoms with Crippen molar-refractivity contribution in [3.8, 4) is 0 Å². The van der Waals surface area contributed by atoms with E-state index in [0.717, 1.165) is 16.5 Å². The number of fused-ring (bicyclic) bond motifs is 1. The molecule has 3 rings (SSSR count). The third-order valence-corrected chi connectivity index (χ3v) is 3.82. The number of halogens is 2. The van der Waals surface area contributed by atoms with Crippen molar-refractivity contribution in [2.24, 2.45) is 5.84 Å². The zero-order chi connectivity index (χ0) is 14.8. The number of nitrogens with two attached hydrogens (primary N) is 1. The van der Waals surface area contributed by atoms with Gasteiger partial charge in [0, 0.05) is 11.6 Å². The molecule has 2 aromatic carbocycles. The molecule has 0 spiro atoms. The summed E-state index contributed by atoms with van der Waals surface area (Å²) < 4.78 is 13.6. The van der Waals surface area contributed by atoms with E-state index in [-0.39, 0.29) is 5.02 Å². The van der Waals surface area contributed by atoms with Crippen LogP contribution in [0.15, 0.2) is 54.7 Å². The minimum absolute atomic E-state index is 0.0757. The summed E-state index contributed by atoms with van der Waals surface area (Å²) in [4.78, 5) is 4.27. The predicted octanol–water partition coefficient (Wildman–Crippen LogP) is 3.58. The van der Waals surface area contributed by atoms with Crippen molar-refractivity contribution >= 4 is 22.5 Å². The quantitative estimate of drug-likeness (QED) is 0.574. The maximum Gasteiger partial charge on any atom is 0.142 e. The molecule has 1 heterocycles. The van der Waals surface area contributed by atoms with Crippen molar-refractivity contribution in [2.75, 3.05) is 0 Å². The molecule has 0 aliphatic carbocycles. The van der Waals surface area contributed by atoms with E-state index < -0.39 is 11.9 Å². The second-order valence-corrected chi connectivity index (χ2v) is 5.08. The molecule has 0 amide bonds. The molecule has 0 radical (unpaired) electrons. The van der Waals surface area contributed by atoms with Crippen LogP contribution < -0.4 is 11.3 Å². The average Bonchev–Trinajstić information content (AvgIpc) is 2.52. The van der Waals surface area contributed by atoms with Crippen molar-refractivity contribution < 1.29 is 4.39 Å². The molecule has 0 bridgehead atoms. The molecule has 106 valence electrons. The lowest BCUT2D eigenvalue weighted by Crippen LogP contribution is -2.29. The Morgan fingerprint density at radius 2 is 2.00 bits per heavy atom. The summed E-state index contributed by atoms with van der Waals surface area (Å²) >= 11 is 6.05. The highest BCUT2D eigenvalue weighted by atomic mass is 35.5. The molecule has 3 nitrogen and oxygen atoms in total. The van der Waals surface area contributed by atoms with Gasteiger partial charge in [0.2, 0.25) is 0 Å². The number of hydrazine groups is 1. The van der Waals surface area contributed by atoms with E-state index >= 15 is 0 Å². The van der Waals surface area contributed by atoms with Gasteiger partial charge in [0.25, 0.3) is 0 Å². The summed E-state index contributed by atoms with van der Waals surface area (Å²) in [5, 5.41) is 1.06. The van der Waals surface area contributed by atoms with E-state index in [1.165, 1.54) is 6.07 Å². The van der Waals surface area contributed by atoms with Crippen molar-refractivity contribution in [1.29, 1.82) is 0 Å². The minimum Gasteiger partial charge on any atom is -0.271 e. The Kier molecular flexibility index (Phi) is 3.84. The van der Waals surface area contributed by atoms with Crippen LogP contribution in [0.1, 0.15) is 17.2 Å². The molecular weight excluding hydrogens is 289 g/mol. The van der Waals surface area contributed by atoms with Gasteiger partial charge < -0.3 is 0 Å². The van der Waals surface area contributed by atoms with Gasteiger partial charge in [0.05, 0.1) is 16.6 Å². The van der Waals surface area contributed by atoms with E-state index in [9.17, 15) is 4.39 Å². The number of rotatable bonds is 3. The van der Waals surface area contributed by atoms with Gasteiger partial charge in [-0.2, -0.15) is 0 Å². The molecule has 1 aromatic heterocycles. The normalized spacial score (nSPS) is 12.5. The Balaban J connectivity index is 2.11. The predicted molar refractivity (Wildman–Crippen MR) is 82.3 cm³/mol. The van der Waals surface area contributed by atoms with Gasteiger partial charge >= 0.3 is 0 Å². The Labute approximate surface area is 126 Å². The van der Waals surface area contributed by atoms with E-state index in [1.807, 2.05) is 30.3 Å². The zero-order valence-corrected chi connectivity index (χ0v) is 11.8. The molecule has 0 saturated carbocycles. The highest BCUT2D eigenvalue weighted by molar-refractivity contribution is 6.31. The zero-order valence-electron chi connectivity index (χ0n) is 11.1. The molecule has 0 aliphatic heterocycles. The molecule has 0 saturated heterocycles. The number of hydrogen-bond donors (Lipinski definition) is 2. The summed E-state index contributed by atoms with van der Waals surface area (Å²) in [6.45, 7) is 0. The van der Waals surface area contributed by atoms with Crippen LogP contribution in [-0.4, -0.2) is 4.98 Å². The molecule has 5 heteroatoms. The first kappa shape index (κ1) is 13.9. The summed E-state index contributed by atoms with van der Waals surface area (Å²) in [6, 6.07) is 13.9. The number of aromatic nitrogens is 1. The van der Waals surface area contributed by atoms with Crippen molar-refractivity contribution in [3.05, 3.63) is 76.7 Å². The highest BCUT2D eigenvalue weighted by Crippen LogP contribution is 2.30. The van der Waals surface area contributed by atoms with Gasteiger partial charge in [-0.15, -0.1) is 0 Å². The number of nitrogens with zero attached hydrogens (tertiary/aromatic N) is 1. The molecular formula is C16H13ClFN3. The van der Waals surface area contributed by atoms with Gasteiger partial charge in [-0.25, -0.2) is 9.82 Å². The smallest absolute Gasteiger partial charge is 0.142 e. The van der Waals surface area contributed by atoms with Crippen LogP contribution in [-0.2, 0) is 0 Å². The molecule has 0 fully saturated rings. The average molecular weight is 302 g/mol. The topological polar surface area (TPSA) is 50.9 Å². The first-order valence-electron chi connectivity index (χ1n) is 6.45. The van der Waals surface area contributed by atoms with Crippen LogP contribution >= 0.6 is 11.6 Å². The molecule has 1 unspecified atom stereocenters. The first-order valence-corrected chi connectivity index (χ1v) is 6.83. The van der Waals surface area contributed by atoms with Crippen LogP contribution in [0.2, 0.25) is 5.02 Å². The maximum absolute atomic E-state index is 13.6. The molecule has 0 aliphatic rings. The minimum atomic E-state index is -0.461. The van der Waals surface area contributed by atoms with Crippen LogP contribution in [0, 0.1) is 5.82 Å². The monoisotopic (exact) mass is 301 g/mol. The number of nitrogens with one attached hydrogen (secondary N) is 1. The van der Waals surface area contributed by atoms with Gasteiger partial charge in [0.1, 0.15) is 5.82 Å². The third-order valence-electron chi connectivity index (χ3n) is 3.42. The van der Waals surface area contributed by atoms with Gasteiger partial charge in [0.15, 0.2) is 0 Å². The SMILES string of the molecule is NNC(c1ccc2ncccc2c1)c1cccc(F)c1Cl. The van der Waals surface area contributed by atoms with Crippen LogP contribution in [0.25, 0.3) is 10.9 Å². The summed E-state index contributed by atoms with van der Waals surface area (Å²) in [5.74, 6) is 5.19. The van der Waals surface area contributed by atoms with Gasteiger partial charge in [-0.05, 0) is 35.4 Å². The molecule has 21 heavy (non-hydrogen) atoms. The number of hydrogen-bond acceptors (Lipinski definition) is 3.